The summed E-state index contributed by atoms with van der Waals surface area (Å²) in [5, 5.41) is 13.4. The first-order chi connectivity index (χ1) is 8.22. The van der Waals surface area contributed by atoms with E-state index in [9.17, 15) is 0 Å². The molecule has 1 heterocycles. The largest absolute Gasteiger partial charge is 0.268 e. The molecule has 1 unspecified atom stereocenters. The summed E-state index contributed by atoms with van der Waals surface area (Å²) >= 11 is 0. The average Bonchev–Trinajstić information content (AvgIpc) is 2.97. The quantitative estimate of drug-likeness (QED) is 0.793. The normalized spacial score (nSPS) is 18.5. The molecule has 92 valence electrons. The summed E-state index contributed by atoms with van der Waals surface area (Å²) in [5.41, 5.74) is 1.27. The first kappa shape index (κ1) is 12.2. The topological polar surface area (TPSA) is 41.6 Å². The lowest BCUT2D eigenvalue weighted by molar-refractivity contribution is 0.314. The fraction of sp³-hybridized carbons (Fsp3) is 0.714. The Hall–Kier alpha value is -1.30. The maximum absolute atomic E-state index is 8.98. The Labute approximate surface area is 103 Å². The van der Waals surface area contributed by atoms with E-state index in [0.29, 0.717) is 18.3 Å². The number of rotatable bonds is 4. The van der Waals surface area contributed by atoms with Gasteiger partial charge in [-0.05, 0) is 30.2 Å². The highest BCUT2D eigenvalue weighted by Gasteiger charge is 2.26. The number of hydrogen-bond acceptors (Lipinski definition) is 2. The highest BCUT2D eigenvalue weighted by atomic mass is 15.3. The van der Waals surface area contributed by atoms with Crippen LogP contribution in [0, 0.1) is 17.2 Å². The third-order valence-electron chi connectivity index (χ3n) is 3.87. The predicted octanol–water partition coefficient (Wildman–Crippen LogP) is 3.65. The van der Waals surface area contributed by atoms with Gasteiger partial charge in [-0.3, -0.25) is 4.68 Å². The molecule has 3 nitrogen and oxygen atoms in total. The molecule has 0 N–H and O–H groups in total. The van der Waals surface area contributed by atoms with E-state index in [2.05, 4.69) is 31.2 Å². The molecule has 1 aliphatic rings. The Morgan fingerprint density at radius 1 is 1.47 bits per heavy atom. The van der Waals surface area contributed by atoms with Crippen molar-refractivity contribution in [3.63, 3.8) is 0 Å². The highest BCUT2D eigenvalue weighted by Crippen LogP contribution is 2.36. The van der Waals surface area contributed by atoms with Crippen LogP contribution in [0.5, 0.6) is 0 Å². The van der Waals surface area contributed by atoms with E-state index in [1.54, 1.807) is 0 Å². The fourth-order valence-corrected chi connectivity index (χ4v) is 2.74. The van der Waals surface area contributed by atoms with Gasteiger partial charge in [0.25, 0.3) is 0 Å². The van der Waals surface area contributed by atoms with E-state index in [1.165, 1.54) is 31.2 Å². The molecule has 1 aromatic heterocycles. The maximum Gasteiger partial charge on any atom is 0.0677 e. The van der Waals surface area contributed by atoms with Crippen LogP contribution in [0.4, 0.5) is 0 Å². The molecule has 0 spiro atoms. The molecule has 0 aliphatic heterocycles. The second-order valence-electron chi connectivity index (χ2n) is 5.38. The van der Waals surface area contributed by atoms with Crippen LogP contribution in [-0.2, 0) is 0 Å². The Balaban J connectivity index is 2.16. The molecule has 1 atom stereocenters. The van der Waals surface area contributed by atoms with Crippen molar-refractivity contribution in [3.8, 4) is 6.07 Å². The van der Waals surface area contributed by atoms with Crippen LogP contribution in [0.15, 0.2) is 12.4 Å². The summed E-state index contributed by atoms with van der Waals surface area (Å²) in [4.78, 5) is 0. The van der Waals surface area contributed by atoms with Crippen molar-refractivity contribution < 1.29 is 0 Å². The first-order valence-electron chi connectivity index (χ1n) is 6.63. The van der Waals surface area contributed by atoms with Gasteiger partial charge in [-0.25, -0.2) is 0 Å². The molecule has 2 rings (SSSR count). The third-order valence-corrected chi connectivity index (χ3v) is 3.87. The molecule has 1 aliphatic carbocycles. The number of hydrogen-bond donors (Lipinski definition) is 0. The van der Waals surface area contributed by atoms with Crippen molar-refractivity contribution in [2.45, 2.75) is 57.9 Å². The molecule has 1 saturated carbocycles. The third kappa shape index (κ3) is 2.69. The Morgan fingerprint density at radius 3 is 2.71 bits per heavy atom. The zero-order chi connectivity index (χ0) is 12.3. The minimum atomic E-state index is 0.287. The van der Waals surface area contributed by atoms with Crippen molar-refractivity contribution >= 4 is 0 Å². The van der Waals surface area contributed by atoms with Gasteiger partial charge in [0, 0.05) is 6.20 Å². The van der Waals surface area contributed by atoms with Crippen LogP contribution in [0.3, 0.4) is 0 Å². The molecule has 0 aromatic carbocycles. The lowest BCUT2D eigenvalue weighted by atomic mass is 9.96. The van der Waals surface area contributed by atoms with E-state index < -0.39 is 0 Å². The van der Waals surface area contributed by atoms with Crippen molar-refractivity contribution in [2.75, 3.05) is 0 Å². The molecule has 0 saturated heterocycles. The van der Waals surface area contributed by atoms with Gasteiger partial charge in [0.05, 0.1) is 24.7 Å². The molecule has 0 bridgehead atoms. The van der Waals surface area contributed by atoms with Crippen LogP contribution >= 0.6 is 0 Å². The summed E-state index contributed by atoms with van der Waals surface area (Å²) in [6.07, 6.45) is 9.79. The Bertz CT molecular complexity index is 394. The molecular formula is C14H21N3. The van der Waals surface area contributed by atoms with Gasteiger partial charge in [-0.1, -0.05) is 26.7 Å². The van der Waals surface area contributed by atoms with Crippen molar-refractivity contribution in [3.05, 3.63) is 18.0 Å². The van der Waals surface area contributed by atoms with Crippen LogP contribution in [0.1, 0.15) is 63.5 Å². The van der Waals surface area contributed by atoms with E-state index >= 15 is 0 Å². The van der Waals surface area contributed by atoms with Crippen LogP contribution in [-0.4, -0.2) is 9.78 Å². The zero-order valence-corrected chi connectivity index (χ0v) is 10.8. The summed E-state index contributed by atoms with van der Waals surface area (Å²) in [6, 6.07) is 2.61. The number of nitriles is 1. The van der Waals surface area contributed by atoms with Gasteiger partial charge < -0.3 is 0 Å². The van der Waals surface area contributed by atoms with E-state index in [-0.39, 0.29) is 6.04 Å². The van der Waals surface area contributed by atoms with Gasteiger partial charge in [-0.2, -0.15) is 10.4 Å². The molecule has 0 radical (unpaired) electrons. The molecular weight excluding hydrogens is 210 g/mol. The van der Waals surface area contributed by atoms with Gasteiger partial charge in [0.15, 0.2) is 0 Å². The van der Waals surface area contributed by atoms with Crippen molar-refractivity contribution in [1.82, 2.24) is 9.78 Å². The van der Waals surface area contributed by atoms with E-state index in [0.717, 1.165) is 0 Å². The second kappa shape index (κ2) is 5.35. The molecule has 1 aromatic rings. The SMILES string of the molecule is CC(C)c1cnn(C(CC#N)C2CCCC2)c1. The van der Waals surface area contributed by atoms with Crippen molar-refractivity contribution in [1.29, 1.82) is 5.26 Å². The van der Waals surface area contributed by atoms with E-state index in [1.807, 2.05) is 10.9 Å². The van der Waals surface area contributed by atoms with Crippen LogP contribution < -0.4 is 0 Å². The average molecular weight is 231 g/mol. The molecule has 0 amide bonds. The Kier molecular flexibility index (Phi) is 3.83. The van der Waals surface area contributed by atoms with Crippen LogP contribution in [0.2, 0.25) is 0 Å². The fourth-order valence-electron chi connectivity index (χ4n) is 2.74. The summed E-state index contributed by atoms with van der Waals surface area (Å²) in [6.45, 7) is 4.35. The molecule has 1 fully saturated rings. The van der Waals surface area contributed by atoms with E-state index in [4.69, 9.17) is 5.26 Å². The summed E-state index contributed by atoms with van der Waals surface area (Å²) in [7, 11) is 0. The summed E-state index contributed by atoms with van der Waals surface area (Å²) < 4.78 is 2.04. The van der Waals surface area contributed by atoms with Gasteiger partial charge >= 0.3 is 0 Å². The van der Waals surface area contributed by atoms with Crippen molar-refractivity contribution in [2.24, 2.45) is 5.92 Å². The lowest BCUT2D eigenvalue weighted by Crippen LogP contribution is -2.17. The Morgan fingerprint density at radius 2 is 2.18 bits per heavy atom. The lowest BCUT2D eigenvalue weighted by Gasteiger charge is -2.21. The minimum Gasteiger partial charge on any atom is -0.268 e. The monoisotopic (exact) mass is 231 g/mol. The summed E-state index contributed by atoms with van der Waals surface area (Å²) in [5.74, 6) is 1.16. The van der Waals surface area contributed by atoms with Crippen LogP contribution in [0.25, 0.3) is 0 Å². The first-order valence-corrected chi connectivity index (χ1v) is 6.63. The van der Waals surface area contributed by atoms with Gasteiger partial charge in [-0.15, -0.1) is 0 Å². The standard InChI is InChI=1S/C14H21N3/c1-11(2)13-9-16-17(10-13)14(7-8-15)12-5-3-4-6-12/h9-12,14H,3-7H2,1-2H3. The second-order valence-corrected chi connectivity index (χ2v) is 5.38. The zero-order valence-electron chi connectivity index (χ0n) is 10.8. The molecule has 3 heteroatoms. The van der Waals surface area contributed by atoms with Gasteiger partial charge in [0.1, 0.15) is 0 Å². The predicted molar refractivity (Wildman–Crippen MR) is 67.5 cm³/mol. The number of aromatic nitrogens is 2. The highest BCUT2D eigenvalue weighted by molar-refractivity contribution is 5.09. The minimum absolute atomic E-state index is 0.287. The maximum atomic E-state index is 8.98. The van der Waals surface area contributed by atoms with Gasteiger partial charge in [0.2, 0.25) is 0 Å². The molecule has 17 heavy (non-hydrogen) atoms. The smallest absolute Gasteiger partial charge is 0.0677 e. The number of nitrogens with zero attached hydrogens (tertiary/aromatic N) is 3.